The molecule has 5 rings (SSSR count). The van der Waals surface area contributed by atoms with Crippen molar-refractivity contribution in [3.8, 4) is 5.75 Å². The van der Waals surface area contributed by atoms with Gasteiger partial charge in [-0.05, 0) is 73.5 Å². The summed E-state index contributed by atoms with van der Waals surface area (Å²) in [6, 6.07) is 21.9. The summed E-state index contributed by atoms with van der Waals surface area (Å²) in [6.45, 7) is 4.22. The van der Waals surface area contributed by atoms with E-state index in [0.29, 0.717) is 12.5 Å². The summed E-state index contributed by atoms with van der Waals surface area (Å²) in [5.74, 6) is 1.13. The van der Waals surface area contributed by atoms with Crippen LogP contribution in [0.3, 0.4) is 0 Å². The molecule has 1 aromatic heterocycles. The van der Waals surface area contributed by atoms with Crippen LogP contribution in [0.4, 0.5) is 0 Å². The molecule has 7 heteroatoms. The van der Waals surface area contributed by atoms with Crippen LogP contribution in [0.5, 0.6) is 5.75 Å². The lowest BCUT2D eigenvalue weighted by Crippen LogP contribution is -2.45. The third kappa shape index (κ3) is 5.89. The molecule has 2 saturated heterocycles. The Kier molecular flexibility index (Phi) is 7.91. The molecule has 3 aromatic rings. The number of hydrogen-bond donors (Lipinski definition) is 1. The molecule has 0 saturated carbocycles. The fourth-order valence-corrected chi connectivity index (χ4v) is 6.25. The van der Waals surface area contributed by atoms with Crippen LogP contribution in [0.1, 0.15) is 52.5 Å². The number of methoxy groups -OCH3 is 1. The zero-order valence-electron chi connectivity index (χ0n) is 21.4. The number of thiophene rings is 1. The Balaban J connectivity index is 1.15. The van der Waals surface area contributed by atoms with Crippen LogP contribution in [-0.4, -0.2) is 54.9 Å². The topological polar surface area (TPSA) is 61.9 Å². The lowest BCUT2D eigenvalue weighted by atomic mass is 9.77. The van der Waals surface area contributed by atoms with E-state index in [0.717, 1.165) is 73.6 Å². The molecule has 1 atom stereocenters. The van der Waals surface area contributed by atoms with Gasteiger partial charge in [0.15, 0.2) is 0 Å². The minimum absolute atomic E-state index is 0.0186. The van der Waals surface area contributed by atoms with E-state index >= 15 is 0 Å². The summed E-state index contributed by atoms with van der Waals surface area (Å²) in [6.07, 6.45) is 3.59. The molecule has 6 nitrogen and oxygen atoms in total. The highest BCUT2D eigenvalue weighted by atomic mass is 32.1. The maximum absolute atomic E-state index is 13.4. The molecule has 1 spiro atoms. The molecule has 2 aliphatic heterocycles. The molecule has 1 N–H and O–H groups in total. The molecule has 0 radical (unpaired) electrons. The van der Waals surface area contributed by atoms with Gasteiger partial charge in [-0.25, -0.2) is 0 Å². The van der Waals surface area contributed by atoms with E-state index in [2.05, 4.69) is 22.3 Å². The Hall–Kier alpha value is -3.16. The first-order chi connectivity index (χ1) is 18.1. The third-order valence-electron chi connectivity index (χ3n) is 7.93. The van der Waals surface area contributed by atoms with Gasteiger partial charge in [0.2, 0.25) is 5.91 Å². The highest BCUT2D eigenvalue weighted by Gasteiger charge is 2.47. The first kappa shape index (κ1) is 25.5. The van der Waals surface area contributed by atoms with Gasteiger partial charge < -0.3 is 19.9 Å². The van der Waals surface area contributed by atoms with Gasteiger partial charge in [0, 0.05) is 19.6 Å². The van der Waals surface area contributed by atoms with Crippen molar-refractivity contribution in [1.82, 2.24) is 15.1 Å². The Morgan fingerprint density at radius 2 is 1.73 bits per heavy atom. The van der Waals surface area contributed by atoms with Gasteiger partial charge in [-0.2, -0.15) is 0 Å². The number of hydrogen-bond acceptors (Lipinski definition) is 5. The van der Waals surface area contributed by atoms with Crippen molar-refractivity contribution < 1.29 is 14.3 Å². The van der Waals surface area contributed by atoms with Gasteiger partial charge in [0.1, 0.15) is 5.75 Å². The van der Waals surface area contributed by atoms with Gasteiger partial charge in [0.25, 0.3) is 5.91 Å². The molecular formula is C30H35N3O3S. The van der Waals surface area contributed by atoms with Crippen LogP contribution < -0.4 is 10.1 Å². The van der Waals surface area contributed by atoms with Crippen molar-refractivity contribution in [2.75, 3.05) is 33.3 Å². The lowest BCUT2D eigenvalue weighted by Gasteiger charge is -2.38. The van der Waals surface area contributed by atoms with Crippen LogP contribution in [0.15, 0.2) is 72.1 Å². The van der Waals surface area contributed by atoms with E-state index in [1.807, 2.05) is 64.9 Å². The normalized spacial score (nSPS) is 18.2. The average molecular weight is 518 g/mol. The van der Waals surface area contributed by atoms with E-state index in [1.165, 1.54) is 11.3 Å². The van der Waals surface area contributed by atoms with Crippen LogP contribution >= 0.6 is 11.3 Å². The van der Waals surface area contributed by atoms with Crippen LogP contribution in [0, 0.1) is 5.41 Å². The van der Waals surface area contributed by atoms with E-state index in [4.69, 9.17) is 4.74 Å². The van der Waals surface area contributed by atoms with E-state index in [-0.39, 0.29) is 17.4 Å². The Bertz CT molecular complexity index is 1170. The number of piperidine rings is 1. The van der Waals surface area contributed by atoms with Gasteiger partial charge in [-0.3, -0.25) is 9.59 Å². The molecular weight excluding hydrogens is 482 g/mol. The molecule has 194 valence electrons. The van der Waals surface area contributed by atoms with Crippen LogP contribution in [-0.2, 0) is 11.3 Å². The second-order valence-corrected chi connectivity index (χ2v) is 11.1. The number of nitrogens with zero attached hydrogens (tertiary/aromatic N) is 2. The molecule has 37 heavy (non-hydrogen) atoms. The van der Waals surface area contributed by atoms with E-state index in [9.17, 15) is 9.59 Å². The minimum atomic E-state index is -0.213. The number of carbonyl (C=O) groups is 2. The smallest absolute Gasteiger partial charge is 0.261 e. The third-order valence-corrected chi connectivity index (χ3v) is 8.80. The summed E-state index contributed by atoms with van der Waals surface area (Å²) in [4.78, 5) is 31.4. The zero-order valence-corrected chi connectivity index (χ0v) is 22.2. The molecule has 3 heterocycles. The first-order valence-electron chi connectivity index (χ1n) is 13.1. The fraction of sp³-hybridized carbons (Fsp3) is 0.400. The second kappa shape index (κ2) is 11.5. The molecule has 0 aliphatic carbocycles. The number of amides is 2. The molecule has 0 bridgehead atoms. The summed E-state index contributed by atoms with van der Waals surface area (Å²) < 4.78 is 5.25. The number of carbonyl (C=O) groups excluding carboxylic acids is 2. The molecule has 1 unspecified atom stereocenters. The Labute approximate surface area is 223 Å². The number of rotatable bonds is 9. The fourth-order valence-electron chi connectivity index (χ4n) is 5.62. The van der Waals surface area contributed by atoms with Gasteiger partial charge >= 0.3 is 0 Å². The molecule has 2 amide bonds. The second-order valence-electron chi connectivity index (χ2n) is 10.1. The number of nitrogens with one attached hydrogen (secondary N) is 1. The average Bonchev–Trinajstić information content (AvgIpc) is 3.58. The van der Waals surface area contributed by atoms with Crippen molar-refractivity contribution in [1.29, 1.82) is 0 Å². The molecule has 2 aliphatic rings. The van der Waals surface area contributed by atoms with Gasteiger partial charge in [0.05, 0.1) is 23.4 Å². The predicted molar refractivity (Wildman–Crippen MR) is 147 cm³/mol. The van der Waals surface area contributed by atoms with Gasteiger partial charge in [-0.1, -0.05) is 48.5 Å². The van der Waals surface area contributed by atoms with Crippen molar-refractivity contribution in [3.63, 3.8) is 0 Å². The van der Waals surface area contributed by atoms with Crippen molar-refractivity contribution in [3.05, 3.63) is 88.1 Å². The number of likely N-dealkylation sites (tertiary alicyclic amines) is 2. The molecule has 2 aromatic carbocycles. The Morgan fingerprint density at radius 1 is 1.00 bits per heavy atom. The predicted octanol–water partition coefficient (Wildman–Crippen LogP) is 5.13. The van der Waals surface area contributed by atoms with E-state index < -0.39 is 0 Å². The molecule has 2 fully saturated rings. The summed E-state index contributed by atoms with van der Waals surface area (Å²) >= 11 is 1.46. The lowest BCUT2D eigenvalue weighted by molar-refractivity contribution is -0.138. The maximum Gasteiger partial charge on any atom is 0.261 e. The standard InChI is InChI=1S/C30H35N3O3S/c1-36-25-11-9-23(10-12-25)22-33-20-16-30(29(33)35)14-18-32(19-15-30)17-13-26(24-6-3-2-4-7-24)31-28(34)27-8-5-21-37-27/h2-12,21,26H,13-20,22H2,1H3,(H,31,34). The van der Waals surface area contributed by atoms with Crippen LogP contribution in [0.25, 0.3) is 0 Å². The highest BCUT2D eigenvalue weighted by molar-refractivity contribution is 7.12. The summed E-state index contributed by atoms with van der Waals surface area (Å²) in [7, 11) is 1.66. The zero-order chi connectivity index (χ0) is 25.7. The minimum Gasteiger partial charge on any atom is -0.497 e. The first-order valence-corrected chi connectivity index (χ1v) is 14.0. The summed E-state index contributed by atoms with van der Waals surface area (Å²) in [5.41, 5.74) is 2.05. The van der Waals surface area contributed by atoms with Crippen molar-refractivity contribution in [2.24, 2.45) is 5.41 Å². The number of ether oxygens (including phenoxy) is 1. The summed E-state index contributed by atoms with van der Waals surface area (Å²) in [5, 5.41) is 5.17. The van der Waals surface area contributed by atoms with Crippen molar-refractivity contribution in [2.45, 2.75) is 38.3 Å². The maximum atomic E-state index is 13.4. The van der Waals surface area contributed by atoms with Gasteiger partial charge in [-0.15, -0.1) is 11.3 Å². The van der Waals surface area contributed by atoms with E-state index in [1.54, 1.807) is 7.11 Å². The SMILES string of the molecule is COc1ccc(CN2CCC3(CCN(CCC(NC(=O)c4cccs4)c4ccccc4)CC3)C2=O)cc1. The quantitative estimate of drug-likeness (QED) is 0.427. The highest BCUT2D eigenvalue weighted by Crippen LogP contribution is 2.42. The largest absolute Gasteiger partial charge is 0.497 e. The van der Waals surface area contributed by atoms with Crippen LogP contribution in [0.2, 0.25) is 0 Å². The Morgan fingerprint density at radius 3 is 2.41 bits per heavy atom. The number of benzene rings is 2. The van der Waals surface area contributed by atoms with Crippen molar-refractivity contribution >= 4 is 23.2 Å². The monoisotopic (exact) mass is 517 g/mol.